The molecule has 0 radical (unpaired) electrons. The normalized spacial score (nSPS) is 18.4. The molecule has 1 aliphatic rings. The molecule has 3 nitrogen and oxygen atoms in total. The maximum atomic E-state index is 11.9. The zero-order valence-electron chi connectivity index (χ0n) is 11.8. The highest BCUT2D eigenvalue weighted by molar-refractivity contribution is 8.21. The number of para-hydroxylation sites is 1. The van der Waals surface area contributed by atoms with Gasteiger partial charge in [-0.2, -0.15) is 0 Å². The summed E-state index contributed by atoms with van der Waals surface area (Å²) < 4.78 is 5.07. The second-order valence-electron chi connectivity index (χ2n) is 4.48. The lowest BCUT2D eigenvalue weighted by molar-refractivity contribution is -0.138. The molecular formula is C16H18O3S. The molecule has 4 heteroatoms. The van der Waals surface area contributed by atoms with Gasteiger partial charge < -0.3 is 9.84 Å². The van der Waals surface area contributed by atoms with Crippen LogP contribution in [0.4, 0.5) is 0 Å². The number of ether oxygens (including phenoxy) is 1. The first kappa shape index (κ1) is 14.6. The Bertz CT molecular complexity index is 639. The highest BCUT2D eigenvalue weighted by atomic mass is 32.2. The van der Waals surface area contributed by atoms with E-state index < -0.39 is 0 Å². The van der Waals surface area contributed by atoms with Gasteiger partial charge in [-0.1, -0.05) is 18.2 Å². The predicted octanol–water partition coefficient (Wildman–Crippen LogP) is 3.57. The molecule has 1 aromatic rings. The number of carbonyl (C=O) groups is 1. The van der Waals surface area contributed by atoms with E-state index in [4.69, 9.17) is 4.74 Å². The molecule has 0 saturated carbocycles. The fourth-order valence-corrected chi connectivity index (χ4v) is 3.81. The molecule has 0 amide bonds. The van der Waals surface area contributed by atoms with Gasteiger partial charge in [-0.3, -0.25) is 0 Å². The van der Waals surface area contributed by atoms with Crippen LogP contribution in [-0.4, -0.2) is 23.1 Å². The lowest BCUT2D eigenvalue weighted by atomic mass is 10.1. The first-order chi connectivity index (χ1) is 9.54. The number of esters is 1. The van der Waals surface area contributed by atoms with Crippen LogP contribution < -0.4 is 0 Å². The van der Waals surface area contributed by atoms with Crippen LogP contribution in [0.5, 0.6) is 5.75 Å². The molecule has 1 N–H and O–H groups in total. The van der Waals surface area contributed by atoms with Crippen LogP contribution in [0.15, 0.2) is 45.7 Å². The number of rotatable bonds is 3. The Balaban J connectivity index is 2.40. The van der Waals surface area contributed by atoms with E-state index in [0.29, 0.717) is 12.2 Å². The Kier molecular flexibility index (Phi) is 4.45. The lowest BCUT2D eigenvalue weighted by Crippen LogP contribution is -2.07. The van der Waals surface area contributed by atoms with E-state index in [9.17, 15) is 9.90 Å². The van der Waals surface area contributed by atoms with Crippen LogP contribution in [0.2, 0.25) is 0 Å². The molecular weight excluding hydrogens is 272 g/mol. The maximum absolute atomic E-state index is 11.9. The van der Waals surface area contributed by atoms with Crippen molar-refractivity contribution in [3.05, 3.63) is 51.3 Å². The van der Waals surface area contributed by atoms with Gasteiger partial charge in [0, 0.05) is 5.56 Å². The third-order valence-corrected chi connectivity index (χ3v) is 5.23. The van der Waals surface area contributed by atoms with Crippen molar-refractivity contribution in [2.24, 2.45) is 0 Å². The van der Waals surface area contributed by atoms with Crippen LogP contribution in [0, 0.1) is 0 Å². The average molecular weight is 290 g/mol. The van der Waals surface area contributed by atoms with E-state index in [2.05, 4.69) is 0 Å². The molecule has 0 spiro atoms. The van der Waals surface area contributed by atoms with Crippen molar-refractivity contribution >= 4 is 21.8 Å². The topological polar surface area (TPSA) is 46.5 Å². The van der Waals surface area contributed by atoms with Crippen molar-refractivity contribution in [2.45, 2.75) is 20.8 Å². The third kappa shape index (κ3) is 2.85. The molecule has 1 aliphatic heterocycles. The number of phenolic OH excluding ortho intramolecular Hbond substituents is 1. The van der Waals surface area contributed by atoms with Crippen LogP contribution in [0.3, 0.4) is 0 Å². The molecule has 0 aliphatic carbocycles. The van der Waals surface area contributed by atoms with Gasteiger partial charge in [-0.25, -0.2) is 4.79 Å². The average Bonchev–Trinajstić information content (AvgIpc) is 2.70. The van der Waals surface area contributed by atoms with Crippen molar-refractivity contribution in [1.29, 1.82) is 0 Å². The van der Waals surface area contributed by atoms with E-state index in [1.165, 1.54) is 0 Å². The van der Waals surface area contributed by atoms with E-state index in [1.807, 2.05) is 36.8 Å². The number of hydrogen-bond acceptors (Lipinski definition) is 3. The summed E-state index contributed by atoms with van der Waals surface area (Å²) in [5, 5.41) is 13.7. The Labute approximate surface area is 121 Å². The maximum Gasteiger partial charge on any atom is 0.338 e. The molecule has 1 heterocycles. The number of benzene rings is 1. The highest BCUT2D eigenvalue weighted by Gasteiger charge is 2.21. The van der Waals surface area contributed by atoms with Crippen LogP contribution in [-0.2, 0) is 9.53 Å². The summed E-state index contributed by atoms with van der Waals surface area (Å²) in [6.45, 7) is 6.12. The Morgan fingerprint density at radius 1 is 1.35 bits per heavy atom. The smallest absolute Gasteiger partial charge is 0.338 e. The summed E-state index contributed by atoms with van der Waals surface area (Å²) in [5.41, 5.74) is 2.39. The largest absolute Gasteiger partial charge is 0.507 e. The monoisotopic (exact) mass is 290 g/mol. The molecule has 0 fully saturated rings. The summed E-state index contributed by atoms with van der Waals surface area (Å²) >= 11 is 0. The second kappa shape index (κ2) is 6.09. The quantitative estimate of drug-likeness (QED) is 0.684. The standard InChI is InChI=1S/C16H18O3S/c1-4-19-16(18)14-10-20(12(3)11(14)2)9-13-7-5-6-8-15(13)17/h5-10,17H,4H2,1-3H3. The lowest BCUT2D eigenvalue weighted by Gasteiger charge is -2.03. The first-order valence-corrected chi connectivity index (χ1v) is 7.81. The summed E-state index contributed by atoms with van der Waals surface area (Å²) in [4.78, 5) is 13.0. The highest BCUT2D eigenvalue weighted by Crippen LogP contribution is 2.41. The minimum atomic E-state index is -0.286. The minimum absolute atomic E-state index is 0.253. The SMILES string of the molecule is CCOC(=O)C1=CS(=Cc2ccccc2O)C(C)=C1C. The van der Waals surface area contributed by atoms with E-state index in [-0.39, 0.29) is 22.2 Å². The molecule has 0 aromatic heterocycles. The number of phenols is 1. The Hall–Kier alpha value is -1.81. The molecule has 2 rings (SSSR count). The summed E-state index contributed by atoms with van der Waals surface area (Å²) in [6, 6.07) is 7.19. The Morgan fingerprint density at radius 3 is 2.70 bits per heavy atom. The van der Waals surface area contributed by atoms with Crippen molar-refractivity contribution in [3.63, 3.8) is 0 Å². The molecule has 0 bridgehead atoms. The number of allylic oxidation sites excluding steroid dienone is 1. The van der Waals surface area contributed by atoms with Gasteiger partial charge in [0.25, 0.3) is 0 Å². The molecule has 1 unspecified atom stereocenters. The van der Waals surface area contributed by atoms with Crippen molar-refractivity contribution < 1.29 is 14.6 Å². The molecule has 20 heavy (non-hydrogen) atoms. The number of hydrogen-bond donors (Lipinski definition) is 1. The summed E-state index contributed by atoms with van der Waals surface area (Å²) in [6.07, 6.45) is 0. The molecule has 1 atom stereocenters. The van der Waals surface area contributed by atoms with E-state index >= 15 is 0 Å². The van der Waals surface area contributed by atoms with Gasteiger partial charge >= 0.3 is 5.97 Å². The van der Waals surface area contributed by atoms with Crippen LogP contribution in [0.1, 0.15) is 26.3 Å². The Morgan fingerprint density at radius 2 is 2.05 bits per heavy atom. The van der Waals surface area contributed by atoms with Crippen molar-refractivity contribution in [1.82, 2.24) is 0 Å². The second-order valence-corrected chi connectivity index (χ2v) is 6.31. The fourth-order valence-electron chi connectivity index (χ4n) is 1.93. The van der Waals surface area contributed by atoms with Crippen molar-refractivity contribution in [2.75, 3.05) is 6.61 Å². The van der Waals surface area contributed by atoms with Gasteiger partial charge in [0.1, 0.15) is 5.75 Å². The van der Waals surface area contributed by atoms with Gasteiger partial charge in [0.15, 0.2) is 0 Å². The summed E-state index contributed by atoms with van der Waals surface area (Å²) in [7, 11) is -0.286. The molecule has 1 aromatic carbocycles. The molecule has 0 saturated heterocycles. The minimum Gasteiger partial charge on any atom is -0.507 e. The van der Waals surface area contributed by atoms with E-state index in [1.54, 1.807) is 19.1 Å². The number of carbonyl (C=O) groups excluding carboxylic acids is 1. The number of aromatic hydroxyl groups is 1. The zero-order chi connectivity index (χ0) is 14.7. The van der Waals surface area contributed by atoms with Gasteiger partial charge in [-0.15, -0.1) is 10.5 Å². The first-order valence-electron chi connectivity index (χ1n) is 6.46. The molecule has 106 valence electrons. The van der Waals surface area contributed by atoms with Crippen molar-refractivity contribution in [3.8, 4) is 5.75 Å². The van der Waals surface area contributed by atoms with Gasteiger partial charge in [0.05, 0.1) is 12.2 Å². The van der Waals surface area contributed by atoms with Gasteiger partial charge in [0.2, 0.25) is 0 Å². The third-order valence-electron chi connectivity index (χ3n) is 3.22. The fraction of sp³-hybridized carbons (Fsp3) is 0.250. The van der Waals surface area contributed by atoms with Crippen LogP contribution >= 0.6 is 10.5 Å². The zero-order valence-corrected chi connectivity index (χ0v) is 12.7. The van der Waals surface area contributed by atoms with Crippen LogP contribution in [0.25, 0.3) is 0 Å². The van der Waals surface area contributed by atoms with E-state index in [0.717, 1.165) is 16.0 Å². The predicted molar refractivity (Wildman–Crippen MR) is 84.0 cm³/mol. The van der Waals surface area contributed by atoms with Gasteiger partial charge in [-0.05, 0) is 48.1 Å². The summed E-state index contributed by atoms with van der Waals surface area (Å²) in [5.74, 6) is -0.0199.